The van der Waals surface area contributed by atoms with E-state index in [0.717, 1.165) is 16.8 Å². The standard InChI is InChI=1S/C12H15NOS/c1-9-5-3-6-11(12(9)13)7-4-8-15-10(2)14/h3-7H,8,13H2,1-2H3. The molecule has 1 rings (SSSR count). The fourth-order valence-corrected chi connectivity index (χ4v) is 1.62. The van der Waals surface area contributed by atoms with Crippen LogP contribution in [0.5, 0.6) is 0 Å². The zero-order chi connectivity index (χ0) is 11.3. The Morgan fingerprint density at radius 2 is 2.27 bits per heavy atom. The van der Waals surface area contributed by atoms with E-state index in [-0.39, 0.29) is 5.12 Å². The Morgan fingerprint density at radius 1 is 1.53 bits per heavy atom. The second kappa shape index (κ2) is 5.61. The van der Waals surface area contributed by atoms with E-state index < -0.39 is 0 Å². The molecule has 0 saturated heterocycles. The number of benzene rings is 1. The molecule has 0 aliphatic carbocycles. The second-order valence-electron chi connectivity index (χ2n) is 3.28. The van der Waals surface area contributed by atoms with Gasteiger partial charge in [-0.3, -0.25) is 4.79 Å². The van der Waals surface area contributed by atoms with Crippen LogP contribution in [-0.4, -0.2) is 10.9 Å². The second-order valence-corrected chi connectivity index (χ2v) is 4.48. The molecule has 2 N–H and O–H groups in total. The van der Waals surface area contributed by atoms with Crippen LogP contribution in [0, 0.1) is 6.92 Å². The van der Waals surface area contributed by atoms with Gasteiger partial charge in [0.25, 0.3) is 0 Å². The van der Waals surface area contributed by atoms with Gasteiger partial charge in [0.15, 0.2) is 5.12 Å². The van der Waals surface area contributed by atoms with Crippen LogP contribution in [0.1, 0.15) is 18.1 Å². The maximum absolute atomic E-state index is 10.7. The molecule has 0 aliphatic rings. The van der Waals surface area contributed by atoms with Crippen molar-refractivity contribution in [3.05, 3.63) is 35.4 Å². The van der Waals surface area contributed by atoms with Crippen molar-refractivity contribution in [3.63, 3.8) is 0 Å². The minimum Gasteiger partial charge on any atom is -0.398 e. The number of nitrogens with two attached hydrogens (primary N) is 1. The van der Waals surface area contributed by atoms with Crippen molar-refractivity contribution in [1.29, 1.82) is 0 Å². The highest BCUT2D eigenvalue weighted by Crippen LogP contribution is 2.18. The average Bonchev–Trinajstić information content (AvgIpc) is 2.18. The highest BCUT2D eigenvalue weighted by atomic mass is 32.2. The van der Waals surface area contributed by atoms with E-state index in [1.807, 2.05) is 37.3 Å². The van der Waals surface area contributed by atoms with Gasteiger partial charge < -0.3 is 5.73 Å². The van der Waals surface area contributed by atoms with E-state index in [1.54, 1.807) is 6.92 Å². The number of nitrogen functional groups attached to an aromatic ring is 1. The summed E-state index contributed by atoms with van der Waals surface area (Å²) in [5, 5.41) is 0.136. The molecule has 1 aromatic carbocycles. The molecule has 0 heterocycles. The Morgan fingerprint density at radius 3 is 2.93 bits per heavy atom. The first kappa shape index (κ1) is 11.9. The molecule has 0 bridgehead atoms. The summed E-state index contributed by atoms with van der Waals surface area (Å²) in [5.41, 5.74) is 8.80. The zero-order valence-corrected chi connectivity index (χ0v) is 9.80. The van der Waals surface area contributed by atoms with Crippen LogP contribution < -0.4 is 5.73 Å². The average molecular weight is 221 g/mol. The van der Waals surface area contributed by atoms with E-state index in [0.29, 0.717) is 5.75 Å². The van der Waals surface area contributed by atoms with Gasteiger partial charge in [-0.15, -0.1) is 0 Å². The Bertz CT molecular complexity index is 385. The number of carbonyl (C=O) groups is 1. The van der Waals surface area contributed by atoms with E-state index >= 15 is 0 Å². The summed E-state index contributed by atoms with van der Waals surface area (Å²) >= 11 is 1.29. The highest BCUT2D eigenvalue weighted by Gasteiger charge is 1.97. The molecular formula is C12H15NOS. The van der Waals surface area contributed by atoms with Crippen molar-refractivity contribution in [2.75, 3.05) is 11.5 Å². The molecule has 0 aromatic heterocycles. The van der Waals surface area contributed by atoms with Crippen LogP contribution >= 0.6 is 11.8 Å². The monoisotopic (exact) mass is 221 g/mol. The van der Waals surface area contributed by atoms with Crippen LogP contribution in [0.15, 0.2) is 24.3 Å². The summed E-state index contributed by atoms with van der Waals surface area (Å²) in [4.78, 5) is 10.7. The molecule has 0 radical (unpaired) electrons. The predicted molar refractivity (Wildman–Crippen MR) is 67.8 cm³/mol. The number of hydrogen-bond donors (Lipinski definition) is 1. The quantitative estimate of drug-likeness (QED) is 0.798. The Kier molecular flexibility index (Phi) is 4.43. The first-order chi connectivity index (χ1) is 7.11. The molecule has 15 heavy (non-hydrogen) atoms. The fraction of sp³-hybridized carbons (Fsp3) is 0.250. The van der Waals surface area contributed by atoms with Crippen molar-refractivity contribution in [2.24, 2.45) is 0 Å². The van der Waals surface area contributed by atoms with Gasteiger partial charge in [0, 0.05) is 18.4 Å². The highest BCUT2D eigenvalue weighted by molar-refractivity contribution is 8.13. The van der Waals surface area contributed by atoms with E-state index in [1.165, 1.54) is 11.8 Å². The minimum atomic E-state index is 0.136. The first-order valence-electron chi connectivity index (χ1n) is 4.76. The van der Waals surface area contributed by atoms with Crippen LogP contribution in [0.3, 0.4) is 0 Å². The third-order valence-electron chi connectivity index (χ3n) is 2.04. The van der Waals surface area contributed by atoms with Gasteiger partial charge in [-0.05, 0) is 18.1 Å². The van der Waals surface area contributed by atoms with Gasteiger partial charge in [-0.2, -0.15) is 0 Å². The number of anilines is 1. The Hall–Kier alpha value is -1.22. The molecule has 80 valence electrons. The van der Waals surface area contributed by atoms with Crippen molar-refractivity contribution in [1.82, 2.24) is 0 Å². The molecule has 2 nitrogen and oxygen atoms in total. The van der Waals surface area contributed by atoms with Gasteiger partial charge in [0.05, 0.1) is 0 Å². The largest absolute Gasteiger partial charge is 0.398 e. The molecule has 0 aliphatic heterocycles. The number of aryl methyl sites for hydroxylation is 1. The maximum atomic E-state index is 10.7. The van der Waals surface area contributed by atoms with Gasteiger partial charge in [-0.25, -0.2) is 0 Å². The molecule has 3 heteroatoms. The summed E-state index contributed by atoms with van der Waals surface area (Å²) in [6.07, 6.45) is 3.91. The van der Waals surface area contributed by atoms with Gasteiger partial charge >= 0.3 is 0 Å². The minimum absolute atomic E-state index is 0.136. The smallest absolute Gasteiger partial charge is 0.186 e. The third kappa shape index (κ3) is 3.80. The van der Waals surface area contributed by atoms with Crippen molar-refractivity contribution < 1.29 is 4.79 Å². The summed E-state index contributed by atoms with van der Waals surface area (Å²) in [5.74, 6) is 0.697. The lowest BCUT2D eigenvalue weighted by atomic mass is 10.1. The third-order valence-corrected chi connectivity index (χ3v) is 2.80. The summed E-state index contributed by atoms with van der Waals surface area (Å²) < 4.78 is 0. The summed E-state index contributed by atoms with van der Waals surface area (Å²) in [7, 11) is 0. The number of carbonyl (C=O) groups excluding carboxylic acids is 1. The molecular weight excluding hydrogens is 206 g/mol. The van der Waals surface area contributed by atoms with Crippen LogP contribution in [0.4, 0.5) is 5.69 Å². The summed E-state index contributed by atoms with van der Waals surface area (Å²) in [6, 6.07) is 5.93. The lowest BCUT2D eigenvalue weighted by Gasteiger charge is -2.03. The lowest BCUT2D eigenvalue weighted by molar-refractivity contribution is -0.109. The van der Waals surface area contributed by atoms with E-state index in [9.17, 15) is 4.79 Å². The lowest BCUT2D eigenvalue weighted by Crippen LogP contribution is -1.92. The Balaban J connectivity index is 2.64. The van der Waals surface area contributed by atoms with Crippen LogP contribution in [-0.2, 0) is 4.79 Å². The van der Waals surface area contributed by atoms with Gasteiger partial charge in [0.2, 0.25) is 0 Å². The number of hydrogen-bond acceptors (Lipinski definition) is 3. The Labute approximate surface area is 94.6 Å². The number of rotatable bonds is 3. The molecule has 1 aromatic rings. The predicted octanol–water partition coefficient (Wildman–Crippen LogP) is 2.87. The summed E-state index contributed by atoms with van der Waals surface area (Å²) in [6.45, 7) is 3.55. The molecule has 0 spiro atoms. The number of para-hydroxylation sites is 1. The molecule has 0 atom stereocenters. The maximum Gasteiger partial charge on any atom is 0.186 e. The van der Waals surface area contributed by atoms with E-state index in [4.69, 9.17) is 5.73 Å². The fourth-order valence-electron chi connectivity index (χ4n) is 1.19. The van der Waals surface area contributed by atoms with Crippen molar-refractivity contribution in [2.45, 2.75) is 13.8 Å². The van der Waals surface area contributed by atoms with Crippen molar-refractivity contribution >= 4 is 28.6 Å². The zero-order valence-electron chi connectivity index (χ0n) is 8.99. The first-order valence-corrected chi connectivity index (χ1v) is 5.75. The molecule has 0 fully saturated rings. The van der Waals surface area contributed by atoms with Crippen molar-refractivity contribution in [3.8, 4) is 0 Å². The van der Waals surface area contributed by atoms with Crippen LogP contribution in [0.25, 0.3) is 6.08 Å². The molecule has 0 saturated carbocycles. The number of thioether (sulfide) groups is 1. The molecule has 0 amide bonds. The normalized spacial score (nSPS) is 10.8. The van der Waals surface area contributed by atoms with Gasteiger partial charge in [0.1, 0.15) is 0 Å². The molecule has 0 unspecified atom stereocenters. The van der Waals surface area contributed by atoms with Gasteiger partial charge in [-0.1, -0.05) is 42.1 Å². The van der Waals surface area contributed by atoms with Crippen LogP contribution in [0.2, 0.25) is 0 Å². The SMILES string of the molecule is CC(=O)SCC=Cc1cccc(C)c1N. The topological polar surface area (TPSA) is 43.1 Å². The van der Waals surface area contributed by atoms with E-state index in [2.05, 4.69) is 0 Å².